The van der Waals surface area contributed by atoms with Gasteiger partial charge in [-0.1, -0.05) is 12.2 Å². The number of carbonyl (C=O) groups excluding carboxylic acids is 1. The molecule has 2 rings (SSSR count). The maximum Gasteiger partial charge on any atom is 0.315 e. The molecule has 1 radical (unpaired) electrons. The maximum atomic E-state index is 12.2. The van der Waals surface area contributed by atoms with E-state index in [0.29, 0.717) is 26.2 Å². The lowest BCUT2D eigenvalue weighted by Crippen LogP contribution is -2.49. The van der Waals surface area contributed by atoms with Gasteiger partial charge in [0.1, 0.15) is 0 Å². The number of allylic oxidation sites excluding steroid dienone is 3. The summed E-state index contributed by atoms with van der Waals surface area (Å²) in [5, 5.41) is 0. The first kappa shape index (κ1) is 12.1. The molecule has 1 heterocycles. The van der Waals surface area contributed by atoms with Crippen molar-refractivity contribution < 1.29 is 13.6 Å². The van der Waals surface area contributed by atoms with Crippen molar-refractivity contribution >= 4 is 5.91 Å². The Morgan fingerprint density at radius 1 is 1.24 bits per heavy atom. The molecular formula is C12H15F2N2O. The van der Waals surface area contributed by atoms with Crippen LogP contribution in [-0.4, -0.2) is 48.3 Å². The highest BCUT2D eigenvalue weighted by Crippen LogP contribution is 2.16. The number of rotatable bonds is 2. The summed E-state index contributed by atoms with van der Waals surface area (Å²) < 4.78 is 24.5. The fourth-order valence-corrected chi connectivity index (χ4v) is 2.06. The molecule has 0 aromatic carbocycles. The van der Waals surface area contributed by atoms with Crippen LogP contribution in [0.5, 0.6) is 0 Å². The molecule has 3 nitrogen and oxygen atoms in total. The van der Waals surface area contributed by atoms with Gasteiger partial charge in [0.05, 0.1) is 0 Å². The molecule has 0 N–H and O–H groups in total. The van der Waals surface area contributed by atoms with Gasteiger partial charge in [-0.05, 0) is 18.9 Å². The standard InChI is InChI=1S/C12H15F2N2O/c13-11(14)12(17)16-8-6-15(7-9-16)10-4-2-1-3-5-10/h1-2,4-5,11H,3,6-9H2. The highest BCUT2D eigenvalue weighted by Gasteiger charge is 2.27. The SMILES string of the molecule is O=C(C(F)F)N1CCN(C2=CC[CH]C=C2)CC1. The van der Waals surface area contributed by atoms with Gasteiger partial charge in [0.15, 0.2) is 0 Å². The molecule has 1 aliphatic carbocycles. The number of piperazine rings is 1. The van der Waals surface area contributed by atoms with Crippen LogP contribution in [0.15, 0.2) is 23.9 Å². The van der Waals surface area contributed by atoms with Crippen molar-refractivity contribution in [2.24, 2.45) is 0 Å². The molecule has 1 fully saturated rings. The van der Waals surface area contributed by atoms with Crippen LogP contribution >= 0.6 is 0 Å². The molecule has 2 aliphatic rings. The number of hydrogen-bond donors (Lipinski definition) is 0. The summed E-state index contributed by atoms with van der Waals surface area (Å²) in [6.45, 7) is 1.99. The van der Waals surface area contributed by atoms with E-state index in [0.717, 1.165) is 12.1 Å². The van der Waals surface area contributed by atoms with Crippen LogP contribution in [0.3, 0.4) is 0 Å². The van der Waals surface area contributed by atoms with E-state index >= 15 is 0 Å². The highest BCUT2D eigenvalue weighted by molar-refractivity contribution is 5.79. The lowest BCUT2D eigenvalue weighted by molar-refractivity contribution is -0.144. The largest absolute Gasteiger partial charge is 0.368 e. The van der Waals surface area contributed by atoms with E-state index in [4.69, 9.17) is 0 Å². The lowest BCUT2D eigenvalue weighted by atomic mass is 10.1. The van der Waals surface area contributed by atoms with Gasteiger partial charge >= 0.3 is 6.43 Å². The second-order valence-corrected chi connectivity index (χ2v) is 4.07. The van der Waals surface area contributed by atoms with Crippen LogP contribution in [0.25, 0.3) is 0 Å². The van der Waals surface area contributed by atoms with Crippen LogP contribution in [0, 0.1) is 6.42 Å². The predicted molar refractivity (Wildman–Crippen MR) is 60.3 cm³/mol. The third-order valence-electron chi connectivity index (χ3n) is 3.01. The van der Waals surface area contributed by atoms with Gasteiger partial charge in [-0.25, -0.2) is 0 Å². The smallest absolute Gasteiger partial charge is 0.315 e. The number of hydrogen-bond acceptors (Lipinski definition) is 2. The van der Waals surface area contributed by atoms with E-state index in [1.165, 1.54) is 4.90 Å². The molecule has 17 heavy (non-hydrogen) atoms. The number of amides is 1. The summed E-state index contributed by atoms with van der Waals surface area (Å²) in [5.74, 6) is -1.05. The Hall–Kier alpha value is -1.39. The quantitative estimate of drug-likeness (QED) is 0.730. The minimum Gasteiger partial charge on any atom is -0.368 e. The molecule has 0 bridgehead atoms. The van der Waals surface area contributed by atoms with E-state index < -0.39 is 12.3 Å². The Morgan fingerprint density at radius 2 is 1.94 bits per heavy atom. The minimum absolute atomic E-state index is 0.373. The molecule has 0 aromatic heterocycles. The fourth-order valence-electron chi connectivity index (χ4n) is 2.06. The second-order valence-electron chi connectivity index (χ2n) is 4.07. The molecule has 0 aromatic rings. The van der Waals surface area contributed by atoms with Crippen LogP contribution in [-0.2, 0) is 4.79 Å². The van der Waals surface area contributed by atoms with Crippen LogP contribution < -0.4 is 0 Å². The summed E-state index contributed by atoms with van der Waals surface area (Å²) in [4.78, 5) is 14.5. The molecule has 1 amide bonds. The number of alkyl halides is 2. The van der Waals surface area contributed by atoms with E-state index in [2.05, 4.69) is 17.4 Å². The number of nitrogens with zero attached hydrogens (tertiary/aromatic N) is 2. The predicted octanol–water partition coefficient (Wildman–Crippen LogP) is 1.44. The molecule has 0 spiro atoms. The average molecular weight is 241 g/mol. The Bertz CT molecular complexity index is 344. The molecule has 93 valence electrons. The van der Waals surface area contributed by atoms with Gasteiger partial charge in [-0.3, -0.25) is 4.79 Å². The topological polar surface area (TPSA) is 23.6 Å². The zero-order valence-electron chi connectivity index (χ0n) is 9.48. The van der Waals surface area contributed by atoms with Crippen molar-refractivity contribution in [2.45, 2.75) is 12.8 Å². The van der Waals surface area contributed by atoms with Gasteiger partial charge in [0, 0.05) is 31.9 Å². The number of carbonyl (C=O) groups is 1. The first-order valence-electron chi connectivity index (χ1n) is 5.70. The summed E-state index contributed by atoms with van der Waals surface area (Å²) in [7, 11) is 0. The Balaban J connectivity index is 1.88. The van der Waals surface area contributed by atoms with Crippen LogP contribution in [0.4, 0.5) is 8.78 Å². The van der Waals surface area contributed by atoms with Gasteiger partial charge in [0.25, 0.3) is 5.91 Å². The van der Waals surface area contributed by atoms with Crippen molar-refractivity contribution in [3.05, 3.63) is 30.3 Å². The van der Waals surface area contributed by atoms with E-state index in [1.54, 1.807) is 0 Å². The van der Waals surface area contributed by atoms with E-state index in [-0.39, 0.29) is 0 Å². The molecule has 0 saturated carbocycles. The monoisotopic (exact) mass is 241 g/mol. The zero-order valence-corrected chi connectivity index (χ0v) is 9.48. The molecule has 5 heteroatoms. The van der Waals surface area contributed by atoms with Crippen molar-refractivity contribution in [1.29, 1.82) is 0 Å². The summed E-state index contributed by atoms with van der Waals surface area (Å²) in [6.07, 6.45) is 6.18. The summed E-state index contributed by atoms with van der Waals surface area (Å²) >= 11 is 0. The van der Waals surface area contributed by atoms with Gasteiger partial charge < -0.3 is 9.80 Å². The van der Waals surface area contributed by atoms with Crippen molar-refractivity contribution in [2.75, 3.05) is 26.2 Å². The second kappa shape index (κ2) is 5.29. The normalized spacial score (nSPS) is 20.8. The average Bonchev–Trinajstić information content (AvgIpc) is 2.39. The van der Waals surface area contributed by atoms with Crippen LogP contribution in [0.1, 0.15) is 6.42 Å². The third kappa shape index (κ3) is 2.84. The first-order valence-corrected chi connectivity index (χ1v) is 5.70. The molecule has 0 atom stereocenters. The number of halogens is 2. The molecule has 0 unspecified atom stereocenters. The molecule has 1 aliphatic heterocycles. The van der Waals surface area contributed by atoms with E-state index in [1.807, 2.05) is 12.2 Å². The lowest BCUT2D eigenvalue weighted by Gasteiger charge is -2.37. The minimum atomic E-state index is -2.88. The summed E-state index contributed by atoms with van der Waals surface area (Å²) in [6, 6.07) is 0. The van der Waals surface area contributed by atoms with Crippen molar-refractivity contribution in [3.63, 3.8) is 0 Å². The van der Waals surface area contributed by atoms with Crippen LogP contribution in [0.2, 0.25) is 0 Å². The maximum absolute atomic E-state index is 12.2. The highest BCUT2D eigenvalue weighted by atomic mass is 19.3. The fraction of sp³-hybridized carbons (Fsp3) is 0.500. The first-order chi connectivity index (χ1) is 8.18. The Labute approximate surface area is 99.4 Å². The molecule has 1 saturated heterocycles. The van der Waals surface area contributed by atoms with Gasteiger partial charge in [-0.2, -0.15) is 8.78 Å². The Kier molecular flexibility index (Phi) is 3.76. The van der Waals surface area contributed by atoms with Gasteiger partial charge in [0.2, 0.25) is 0 Å². The molecular weight excluding hydrogens is 226 g/mol. The van der Waals surface area contributed by atoms with Crippen molar-refractivity contribution in [3.8, 4) is 0 Å². The van der Waals surface area contributed by atoms with E-state index in [9.17, 15) is 13.6 Å². The third-order valence-corrected chi connectivity index (χ3v) is 3.01. The van der Waals surface area contributed by atoms with Gasteiger partial charge in [-0.15, -0.1) is 0 Å². The van der Waals surface area contributed by atoms with Crippen molar-refractivity contribution in [1.82, 2.24) is 9.80 Å². The zero-order chi connectivity index (χ0) is 12.3. The Morgan fingerprint density at radius 3 is 2.47 bits per heavy atom. The summed E-state index contributed by atoms with van der Waals surface area (Å²) in [5.41, 5.74) is 1.12.